The first kappa shape index (κ1) is 15.2. The molecule has 0 bridgehead atoms. The van der Waals surface area contributed by atoms with Crippen molar-refractivity contribution in [1.29, 1.82) is 0 Å². The molecule has 0 aromatic heterocycles. The number of halogens is 3. The van der Waals surface area contributed by atoms with E-state index in [0.29, 0.717) is 11.3 Å². The van der Waals surface area contributed by atoms with Crippen LogP contribution in [0, 0.1) is 0 Å². The Morgan fingerprint density at radius 1 is 0.905 bits per heavy atom. The summed E-state index contributed by atoms with van der Waals surface area (Å²) in [6, 6.07) is 13.4. The average Bonchev–Trinajstić information content (AvgIpc) is 2.44. The molecule has 0 N–H and O–H groups in total. The van der Waals surface area contributed by atoms with E-state index in [-0.39, 0.29) is 12.4 Å². The van der Waals surface area contributed by atoms with Gasteiger partial charge in [-0.1, -0.05) is 31.2 Å². The highest BCUT2D eigenvalue weighted by atomic mass is 19.4. The van der Waals surface area contributed by atoms with E-state index < -0.39 is 6.36 Å². The summed E-state index contributed by atoms with van der Waals surface area (Å²) in [5, 5.41) is 0. The second kappa shape index (κ2) is 6.52. The fourth-order valence-electron chi connectivity index (χ4n) is 1.85. The minimum Gasteiger partial charge on any atom is -0.489 e. The summed E-state index contributed by atoms with van der Waals surface area (Å²) in [6.07, 6.45) is -3.79. The molecule has 0 fully saturated rings. The lowest BCUT2D eigenvalue weighted by atomic mass is 10.2. The monoisotopic (exact) mass is 296 g/mol. The van der Waals surface area contributed by atoms with Gasteiger partial charge < -0.3 is 9.47 Å². The molecule has 2 aromatic rings. The van der Waals surface area contributed by atoms with Gasteiger partial charge in [-0.25, -0.2) is 0 Å². The standard InChI is InChI=1S/C16H15F3O2/c1-2-12-5-3-7-14(9-12)20-11-13-6-4-8-15(10-13)21-16(17,18)19/h3-10H,2,11H2,1H3. The molecule has 0 aliphatic rings. The van der Waals surface area contributed by atoms with Gasteiger partial charge in [-0.3, -0.25) is 0 Å². The second-order valence-electron chi connectivity index (χ2n) is 4.48. The third-order valence-electron chi connectivity index (χ3n) is 2.84. The smallest absolute Gasteiger partial charge is 0.489 e. The molecule has 0 heterocycles. The predicted molar refractivity (Wildman–Crippen MR) is 73.3 cm³/mol. The maximum atomic E-state index is 12.2. The molecule has 0 saturated heterocycles. The maximum Gasteiger partial charge on any atom is 0.573 e. The van der Waals surface area contributed by atoms with E-state index in [1.165, 1.54) is 18.2 Å². The summed E-state index contributed by atoms with van der Waals surface area (Å²) in [5.41, 5.74) is 1.75. The summed E-state index contributed by atoms with van der Waals surface area (Å²) in [5.74, 6) is 0.447. The van der Waals surface area contributed by atoms with E-state index >= 15 is 0 Å². The number of benzene rings is 2. The molecule has 0 radical (unpaired) electrons. The van der Waals surface area contributed by atoms with Crippen molar-refractivity contribution in [1.82, 2.24) is 0 Å². The van der Waals surface area contributed by atoms with E-state index in [0.717, 1.165) is 12.0 Å². The Balaban J connectivity index is 2.01. The zero-order valence-corrected chi connectivity index (χ0v) is 11.5. The highest BCUT2D eigenvalue weighted by Gasteiger charge is 2.31. The number of alkyl halides is 3. The van der Waals surface area contributed by atoms with E-state index in [1.807, 2.05) is 31.2 Å². The van der Waals surface area contributed by atoms with Gasteiger partial charge >= 0.3 is 6.36 Å². The lowest BCUT2D eigenvalue weighted by Crippen LogP contribution is -2.17. The topological polar surface area (TPSA) is 18.5 Å². The molecule has 0 unspecified atom stereocenters. The normalized spacial score (nSPS) is 11.2. The van der Waals surface area contributed by atoms with E-state index in [4.69, 9.17) is 4.74 Å². The van der Waals surface area contributed by atoms with Crippen LogP contribution in [0.1, 0.15) is 18.1 Å². The van der Waals surface area contributed by atoms with Gasteiger partial charge in [-0.15, -0.1) is 13.2 Å². The number of rotatable bonds is 5. The van der Waals surface area contributed by atoms with Gasteiger partial charge in [0, 0.05) is 0 Å². The molecular weight excluding hydrogens is 281 g/mol. The summed E-state index contributed by atoms with van der Waals surface area (Å²) < 4.78 is 45.9. The molecule has 2 nitrogen and oxygen atoms in total. The van der Waals surface area contributed by atoms with Crippen LogP contribution in [0.2, 0.25) is 0 Å². The van der Waals surface area contributed by atoms with Gasteiger partial charge in [0.25, 0.3) is 0 Å². The van der Waals surface area contributed by atoms with Crippen LogP contribution in [0.15, 0.2) is 48.5 Å². The second-order valence-corrected chi connectivity index (χ2v) is 4.48. The third kappa shape index (κ3) is 5.02. The number of aryl methyl sites for hydroxylation is 1. The molecule has 5 heteroatoms. The van der Waals surface area contributed by atoms with Gasteiger partial charge in [-0.2, -0.15) is 0 Å². The van der Waals surface area contributed by atoms with Crippen molar-refractivity contribution in [2.24, 2.45) is 0 Å². The molecule has 0 aliphatic heterocycles. The van der Waals surface area contributed by atoms with E-state index in [9.17, 15) is 13.2 Å². The predicted octanol–water partition coefficient (Wildman–Crippen LogP) is 4.73. The van der Waals surface area contributed by atoms with Crippen molar-refractivity contribution in [2.45, 2.75) is 26.3 Å². The van der Waals surface area contributed by atoms with Crippen molar-refractivity contribution < 1.29 is 22.6 Å². The number of hydrogen-bond acceptors (Lipinski definition) is 2. The molecule has 0 spiro atoms. The molecule has 21 heavy (non-hydrogen) atoms. The van der Waals surface area contributed by atoms with Crippen LogP contribution < -0.4 is 9.47 Å². The Morgan fingerprint density at radius 2 is 1.52 bits per heavy atom. The van der Waals surface area contributed by atoms with Gasteiger partial charge in [0.15, 0.2) is 0 Å². The molecule has 2 rings (SSSR count). The van der Waals surface area contributed by atoms with Gasteiger partial charge in [-0.05, 0) is 41.8 Å². The van der Waals surface area contributed by atoms with Crippen LogP contribution in [0.5, 0.6) is 11.5 Å². The summed E-state index contributed by atoms with van der Waals surface area (Å²) in [7, 11) is 0. The molecule has 0 amide bonds. The van der Waals surface area contributed by atoms with E-state index in [1.54, 1.807) is 6.07 Å². The Bertz CT molecular complexity index is 594. The molecular formula is C16H15F3O2. The van der Waals surface area contributed by atoms with Crippen molar-refractivity contribution in [3.63, 3.8) is 0 Å². The molecule has 0 saturated carbocycles. The summed E-state index contributed by atoms with van der Waals surface area (Å²) >= 11 is 0. The molecule has 112 valence electrons. The van der Waals surface area contributed by atoms with Crippen LogP contribution >= 0.6 is 0 Å². The first-order valence-electron chi connectivity index (χ1n) is 6.52. The molecule has 0 atom stereocenters. The number of hydrogen-bond donors (Lipinski definition) is 0. The van der Waals surface area contributed by atoms with Crippen LogP contribution in [0.25, 0.3) is 0 Å². The Kier molecular flexibility index (Phi) is 4.73. The summed E-state index contributed by atoms with van der Waals surface area (Å²) in [6.45, 7) is 2.22. The van der Waals surface area contributed by atoms with Gasteiger partial charge in [0.05, 0.1) is 0 Å². The molecule has 0 aliphatic carbocycles. The number of ether oxygens (including phenoxy) is 2. The SMILES string of the molecule is CCc1cccc(OCc2cccc(OC(F)(F)F)c2)c1. The first-order valence-corrected chi connectivity index (χ1v) is 6.52. The van der Waals surface area contributed by atoms with Crippen LogP contribution in [-0.2, 0) is 13.0 Å². The first-order chi connectivity index (χ1) is 9.96. The lowest BCUT2D eigenvalue weighted by molar-refractivity contribution is -0.274. The quantitative estimate of drug-likeness (QED) is 0.794. The van der Waals surface area contributed by atoms with Crippen LogP contribution in [-0.4, -0.2) is 6.36 Å². The van der Waals surface area contributed by atoms with Crippen LogP contribution in [0.4, 0.5) is 13.2 Å². The third-order valence-corrected chi connectivity index (χ3v) is 2.84. The average molecular weight is 296 g/mol. The minimum absolute atomic E-state index is 0.183. The minimum atomic E-state index is -4.69. The van der Waals surface area contributed by atoms with Crippen LogP contribution in [0.3, 0.4) is 0 Å². The fraction of sp³-hybridized carbons (Fsp3) is 0.250. The maximum absolute atomic E-state index is 12.2. The van der Waals surface area contributed by atoms with Crippen molar-refractivity contribution in [3.05, 3.63) is 59.7 Å². The van der Waals surface area contributed by atoms with Crippen molar-refractivity contribution in [3.8, 4) is 11.5 Å². The van der Waals surface area contributed by atoms with E-state index in [2.05, 4.69) is 4.74 Å². The Morgan fingerprint density at radius 3 is 2.19 bits per heavy atom. The Labute approximate surface area is 121 Å². The highest BCUT2D eigenvalue weighted by Crippen LogP contribution is 2.24. The van der Waals surface area contributed by atoms with Crippen molar-refractivity contribution in [2.75, 3.05) is 0 Å². The van der Waals surface area contributed by atoms with Crippen molar-refractivity contribution >= 4 is 0 Å². The largest absolute Gasteiger partial charge is 0.573 e. The molecule has 2 aromatic carbocycles. The van der Waals surface area contributed by atoms with Gasteiger partial charge in [0.1, 0.15) is 18.1 Å². The zero-order valence-electron chi connectivity index (χ0n) is 11.5. The highest BCUT2D eigenvalue weighted by molar-refractivity contribution is 5.31. The fourth-order valence-corrected chi connectivity index (χ4v) is 1.85. The van der Waals surface area contributed by atoms with Gasteiger partial charge in [0.2, 0.25) is 0 Å². The Hall–Kier alpha value is -2.17. The lowest BCUT2D eigenvalue weighted by Gasteiger charge is -2.11. The summed E-state index contributed by atoms with van der Waals surface area (Å²) in [4.78, 5) is 0. The zero-order chi connectivity index (χ0) is 15.3.